The lowest BCUT2D eigenvalue weighted by atomic mass is 9.86. The van der Waals surface area contributed by atoms with Gasteiger partial charge in [-0.3, -0.25) is 0 Å². The van der Waals surface area contributed by atoms with Crippen molar-refractivity contribution in [3.8, 4) is 0 Å². The summed E-state index contributed by atoms with van der Waals surface area (Å²) in [5.74, 6) is -0.0786. The summed E-state index contributed by atoms with van der Waals surface area (Å²) < 4.78 is 24.7. The first-order chi connectivity index (χ1) is 9.28. The third kappa shape index (κ3) is 4.32. The SMILES string of the molecule is Cc1cc(C)cc(CS(=O)(=O)CC2(O)CCCCC2)c1. The zero-order valence-corrected chi connectivity index (χ0v) is 13.2. The largest absolute Gasteiger partial charge is 0.389 e. The number of aliphatic hydroxyl groups is 1. The van der Waals surface area contributed by atoms with Gasteiger partial charge in [0.05, 0.1) is 17.1 Å². The van der Waals surface area contributed by atoms with Crippen molar-refractivity contribution in [3.05, 3.63) is 34.9 Å². The molecule has 0 aliphatic heterocycles. The van der Waals surface area contributed by atoms with Crippen LogP contribution < -0.4 is 0 Å². The monoisotopic (exact) mass is 296 g/mol. The molecule has 0 unspecified atom stereocenters. The van der Waals surface area contributed by atoms with E-state index in [1.165, 1.54) is 0 Å². The lowest BCUT2D eigenvalue weighted by Crippen LogP contribution is -2.39. The highest BCUT2D eigenvalue weighted by molar-refractivity contribution is 7.90. The summed E-state index contributed by atoms with van der Waals surface area (Å²) >= 11 is 0. The molecular formula is C16H24O3S. The number of hydrogen-bond donors (Lipinski definition) is 1. The molecule has 1 aromatic rings. The van der Waals surface area contributed by atoms with Crippen molar-refractivity contribution in [2.45, 2.75) is 57.3 Å². The van der Waals surface area contributed by atoms with Crippen LogP contribution in [0.4, 0.5) is 0 Å². The Morgan fingerprint density at radius 1 is 1.05 bits per heavy atom. The van der Waals surface area contributed by atoms with E-state index >= 15 is 0 Å². The summed E-state index contributed by atoms with van der Waals surface area (Å²) in [6, 6.07) is 5.86. The highest BCUT2D eigenvalue weighted by Crippen LogP contribution is 2.30. The fourth-order valence-electron chi connectivity index (χ4n) is 3.22. The Balaban J connectivity index is 2.10. The quantitative estimate of drug-likeness (QED) is 0.929. The summed E-state index contributed by atoms with van der Waals surface area (Å²) in [5.41, 5.74) is 1.97. The summed E-state index contributed by atoms with van der Waals surface area (Å²) in [7, 11) is -3.28. The van der Waals surface area contributed by atoms with Crippen molar-refractivity contribution in [2.24, 2.45) is 0 Å². The van der Waals surface area contributed by atoms with Crippen LogP contribution in [-0.4, -0.2) is 24.9 Å². The van der Waals surface area contributed by atoms with Gasteiger partial charge in [0.15, 0.2) is 9.84 Å². The third-order valence-electron chi connectivity index (χ3n) is 3.94. The molecule has 1 aliphatic rings. The van der Waals surface area contributed by atoms with E-state index in [0.29, 0.717) is 12.8 Å². The Labute approximate surface area is 121 Å². The highest BCUT2D eigenvalue weighted by atomic mass is 32.2. The van der Waals surface area contributed by atoms with E-state index < -0.39 is 15.4 Å². The lowest BCUT2D eigenvalue weighted by molar-refractivity contribution is 0.0257. The molecule has 0 bridgehead atoms. The van der Waals surface area contributed by atoms with Gasteiger partial charge in [-0.25, -0.2) is 8.42 Å². The molecule has 0 spiro atoms. The Bertz CT molecular complexity index is 549. The van der Waals surface area contributed by atoms with Crippen LogP contribution in [0.1, 0.15) is 48.8 Å². The summed E-state index contributed by atoms with van der Waals surface area (Å²) in [5, 5.41) is 10.4. The molecule has 0 saturated heterocycles. The molecule has 1 N–H and O–H groups in total. The summed E-state index contributed by atoms with van der Waals surface area (Å²) in [6.07, 6.45) is 4.17. The number of aryl methyl sites for hydroxylation is 2. The smallest absolute Gasteiger partial charge is 0.157 e. The second-order valence-electron chi connectivity index (χ2n) is 6.31. The van der Waals surface area contributed by atoms with Gasteiger partial charge in [0.1, 0.15) is 0 Å². The zero-order valence-electron chi connectivity index (χ0n) is 12.4. The van der Waals surface area contributed by atoms with Crippen LogP contribution in [0.25, 0.3) is 0 Å². The topological polar surface area (TPSA) is 54.4 Å². The van der Waals surface area contributed by atoms with E-state index in [1.807, 2.05) is 32.0 Å². The van der Waals surface area contributed by atoms with Gasteiger partial charge >= 0.3 is 0 Å². The summed E-state index contributed by atoms with van der Waals surface area (Å²) in [4.78, 5) is 0. The Morgan fingerprint density at radius 2 is 1.60 bits per heavy atom. The van der Waals surface area contributed by atoms with Crippen molar-refractivity contribution in [2.75, 3.05) is 5.75 Å². The minimum absolute atomic E-state index is 0.0256. The highest BCUT2D eigenvalue weighted by Gasteiger charge is 2.34. The molecular weight excluding hydrogens is 272 g/mol. The summed E-state index contributed by atoms with van der Waals surface area (Å²) in [6.45, 7) is 3.94. The second kappa shape index (κ2) is 5.86. The van der Waals surface area contributed by atoms with E-state index in [0.717, 1.165) is 36.0 Å². The molecule has 20 heavy (non-hydrogen) atoms. The van der Waals surface area contributed by atoms with Gasteiger partial charge in [0.2, 0.25) is 0 Å². The fourth-order valence-corrected chi connectivity index (χ4v) is 5.10. The molecule has 112 valence electrons. The molecule has 1 aromatic carbocycles. The predicted molar refractivity (Wildman–Crippen MR) is 81.4 cm³/mol. The van der Waals surface area contributed by atoms with Crippen LogP contribution >= 0.6 is 0 Å². The molecule has 0 heterocycles. The first-order valence-electron chi connectivity index (χ1n) is 7.28. The van der Waals surface area contributed by atoms with Gasteiger partial charge in [0.25, 0.3) is 0 Å². The van der Waals surface area contributed by atoms with Crippen molar-refractivity contribution in [1.82, 2.24) is 0 Å². The van der Waals surface area contributed by atoms with E-state index in [4.69, 9.17) is 0 Å². The van der Waals surface area contributed by atoms with Crippen LogP contribution in [-0.2, 0) is 15.6 Å². The van der Waals surface area contributed by atoms with Crippen LogP contribution in [0.3, 0.4) is 0 Å². The predicted octanol–water partition coefficient (Wildman–Crippen LogP) is 2.91. The van der Waals surface area contributed by atoms with Crippen LogP contribution in [0.5, 0.6) is 0 Å². The normalized spacial score (nSPS) is 18.9. The fraction of sp³-hybridized carbons (Fsp3) is 0.625. The third-order valence-corrected chi connectivity index (χ3v) is 5.69. The van der Waals surface area contributed by atoms with E-state index in [2.05, 4.69) is 0 Å². The maximum absolute atomic E-state index is 12.3. The van der Waals surface area contributed by atoms with E-state index in [9.17, 15) is 13.5 Å². The van der Waals surface area contributed by atoms with Crippen molar-refractivity contribution >= 4 is 9.84 Å². The molecule has 1 fully saturated rings. The molecule has 0 aromatic heterocycles. The van der Waals surface area contributed by atoms with E-state index in [-0.39, 0.29) is 11.5 Å². The first-order valence-corrected chi connectivity index (χ1v) is 9.10. The molecule has 0 atom stereocenters. The molecule has 1 aliphatic carbocycles. The molecule has 1 saturated carbocycles. The van der Waals surface area contributed by atoms with Crippen molar-refractivity contribution in [3.63, 3.8) is 0 Å². The minimum atomic E-state index is -3.28. The minimum Gasteiger partial charge on any atom is -0.389 e. The van der Waals surface area contributed by atoms with E-state index in [1.54, 1.807) is 0 Å². The number of rotatable bonds is 4. The second-order valence-corrected chi connectivity index (χ2v) is 8.38. The maximum atomic E-state index is 12.3. The zero-order chi connectivity index (χ0) is 14.8. The molecule has 0 amide bonds. The number of benzene rings is 1. The van der Waals surface area contributed by atoms with Gasteiger partial charge in [-0.2, -0.15) is 0 Å². The molecule has 0 radical (unpaired) electrons. The standard InChI is InChI=1S/C16H24O3S/c1-13-8-14(2)10-15(9-13)11-20(18,19)12-16(17)6-4-3-5-7-16/h8-10,17H,3-7,11-12H2,1-2H3. The molecule has 2 rings (SSSR count). The average Bonchev–Trinajstić information content (AvgIpc) is 2.25. The molecule has 3 nitrogen and oxygen atoms in total. The maximum Gasteiger partial charge on any atom is 0.157 e. The van der Waals surface area contributed by atoms with Crippen LogP contribution in [0, 0.1) is 13.8 Å². The average molecular weight is 296 g/mol. The van der Waals surface area contributed by atoms with Gasteiger partial charge < -0.3 is 5.11 Å². The first kappa shape index (κ1) is 15.5. The Morgan fingerprint density at radius 3 is 2.15 bits per heavy atom. The Kier molecular flexibility index (Phi) is 4.55. The van der Waals surface area contributed by atoms with Gasteiger partial charge in [0, 0.05) is 0 Å². The van der Waals surface area contributed by atoms with Crippen LogP contribution in [0.2, 0.25) is 0 Å². The lowest BCUT2D eigenvalue weighted by Gasteiger charge is -2.31. The molecule has 4 heteroatoms. The number of sulfone groups is 1. The number of hydrogen-bond acceptors (Lipinski definition) is 3. The van der Waals surface area contributed by atoms with Gasteiger partial charge in [-0.05, 0) is 32.3 Å². The van der Waals surface area contributed by atoms with Gasteiger partial charge in [-0.15, -0.1) is 0 Å². The van der Waals surface area contributed by atoms with Crippen molar-refractivity contribution in [1.29, 1.82) is 0 Å². The van der Waals surface area contributed by atoms with Crippen LogP contribution in [0.15, 0.2) is 18.2 Å². The van der Waals surface area contributed by atoms with Crippen molar-refractivity contribution < 1.29 is 13.5 Å². The Hall–Kier alpha value is -0.870. The van der Waals surface area contributed by atoms with Gasteiger partial charge in [-0.1, -0.05) is 48.6 Å².